The number of thiophene rings is 1. The van der Waals surface area contributed by atoms with Gasteiger partial charge >= 0.3 is 0 Å². The Kier molecular flexibility index (Phi) is 6.83. The summed E-state index contributed by atoms with van der Waals surface area (Å²) in [5.41, 5.74) is 7.80. The lowest BCUT2D eigenvalue weighted by atomic mass is 9.92. The van der Waals surface area contributed by atoms with Crippen LogP contribution in [0.15, 0.2) is 30.3 Å². The van der Waals surface area contributed by atoms with Crippen molar-refractivity contribution < 1.29 is 14.4 Å². The number of carbonyl (C=O) groups excluding carboxylic acids is 3. The van der Waals surface area contributed by atoms with Gasteiger partial charge in [-0.15, -0.1) is 11.3 Å². The van der Waals surface area contributed by atoms with Gasteiger partial charge in [0, 0.05) is 22.9 Å². The lowest BCUT2D eigenvalue weighted by Crippen LogP contribution is -2.45. The molecule has 2 amide bonds. The first-order chi connectivity index (χ1) is 15.0. The third-order valence-corrected chi connectivity index (χ3v) is 7.43. The second-order valence-electron chi connectivity index (χ2n) is 8.45. The Morgan fingerprint density at radius 2 is 1.84 bits per heavy atom. The molecule has 1 aliphatic heterocycles. The highest BCUT2D eigenvalue weighted by molar-refractivity contribution is 7.17. The highest BCUT2D eigenvalue weighted by Crippen LogP contribution is 2.39. The standard InChI is InChI=1S/C24H29N3O3S/c25-20(28)14-17-10-6-7-13-27(17)15-21(29)26-24-22(18-11-4-5-12-19(18)31-24)23(30)16-8-2-1-3-9-16/h1-3,8-9,17H,4-7,10-15H2,(H2,25,28)(H,26,29). The number of fused-ring (bicyclic) bond motifs is 1. The number of aryl methyl sites for hydroxylation is 1. The number of amides is 2. The summed E-state index contributed by atoms with van der Waals surface area (Å²) in [7, 11) is 0. The minimum Gasteiger partial charge on any atom is -0.370 e. The number of piperidine rings is 1. The number of anilines is 1. The summed E-state index contributed by atoms with van der Waals surface area (Å²) in [6.45, 7) is 0.988. The van der Waals surface area contributed by atoms with Gasteiger partial charge in [0.2, 0.25) is 11.8 Å². The molecule has 2 heterocycles. The predicted molar refractivity (Wildman–Crippen MR) is 122 cm³/mol. The van der Waals surface area contributed by atoms with Crippen LogP contribution in [0.25, 0.3) is 0 Å². The minimum atomic E-state index is -0.334. The molecule has 3 N–H and O–H groups in total. The maximum atomic E-state index is 13.3. The van der Waals surface area contributed by atoms with Crippen LogP contribution >= 0.6 is 11.3 Å². The zero-order valence-corrected chi connectivity index (χ0v) is 18.5. The van der Waals surface area contributed by atoms with E-state index in [-0.39, 0.29) is 36.6 Å². The zero-order valence-electron chi connectivity index (χ0n) is 17.7. The van der Waals surface area contributed by atoms with Crippen LogP contribution < -0.4 is 11.1 Å². The number of nitrogens with two attached hydrogens (primary N) is 1. The number of hydrogen-bond donors (Lipinski definition) is 2. The fraction of sp³-hybridized carbons (Fsp3) is 0.458. The van der Waals surface area contributed by atoms with Gasteiger partial charge in [-0.3, -0.25) is 19.3 Å². The smallest absolute Gasteiger partial charge is 0.239 e. The molecule has 1 unspecified atom stereocenters. The van der Waals surface area contributed by atoms with Gasteiger partial charge in [-0.2, -0.15) is 0 Å². The molecule has 1 aromatic carbocycles. The van der Waals surface area contributed by atoms with Crippen molar-refractivity contribution in [2.24, 2.45) is 5.73 Å². The fourth-order valence-corrected chi connectivity index (χ4v) is 6.01. The molecule has 1 fully saturated rings. The van der Waals surface area contributed by atoms with E-state index in [1.54, 1.807) is 11.3 Å². The van der Waals surface area contributed by atoms with Crippen molar-refractivity contribution in [1.29, 1.82) is 0 Å². The summed E-state index contributed by atoms with van der Waals surface area (Å²) in [4.78, 5) is 41.0. The van der Waals surface area contributed by atoms with Gasteiger partial charge in [-0.05, 0) is 50.6 Å². The number of primary amides is 1. The molecule has 1 saturated heterocycles. The maximum absolute atomic E-state index is 13.3. The van der Waals surface area contributed by atoms with Gasteiger partial charge in [0.25, 0.3) is 0 Å². The topological polar surface area (TPSA) is 92.5 Å². The van der Waals surface area contributed by atoms with E-state index in [9.17, 15) is 14.4 Å². The molecule has 1 aliphatic carbocycles. The van der Waals surface area contributed by atoms with Crippen LogP contribution in [0.2, 0.25) is 0 Å². The van der Waals surface area contributed by atoms with Gasteiger partial charge in [0.05, 0.1) is 12.1 Å². The number of rotatable bonds is 7. The quantitative estimate of drug-likeness (QED) is 0.646. The molecule has 0 saturated carbocycles. The van der Waals surface area contributed by atoms with Crippen LogP contribution in [0.3, 0.4) is 0 Å². The molecule has 4 rings (SSSR count). The lowest BCUT2D eigenvalue weighted by molar-refractivity contribution is -0.122. The molecule has 0 spiro atoms. The van der Waals surface area contributed by atoms with Crippen molar-refractivity contribution >= 4 is 33.9 Å². The van der Waals surface area contributed by atoms with Crippen molar-refractivity contribution in [2.75, 3.05) is 18.4 Å². The van der Waals surface area contributed by atoms with E-state index >= 15 is 0 Å². The summed E-state index contributed by atoms with van der Waals surface area (Å²) < 4.78 is 0. The molecule has 31 heavy (non-hydrogen) atoms. The van der Waals surface area contributed by atoms with Crippen LogP contribution in [-0.2, 0) is 22.4 Å². The monoisotopic (exact) mass is 439 g/mol. The first-order valence-corrected chi connectivity index (χ1v) is 11.9. The highest BCUT2D eigenvalue weighted by atomic mass is 32.1. The molecule has 164 valence electrons. The van der Waals surface area contributed by atoms with E-state index in [2.05, 4.69) is 10.2 Å². The van der Waals surface area contributed by atoms with Crippen molar-refractivity contribution in [3.63, 3.8) is 0 Å². The predicted octanol–water partition coefficient (Wildman–Crippen LogP) is 3.53. The van der Waals surface area contributed by atoms with Crippen LogP contribution in [0.5, 0.6) is 0 Å². The van der Waals surface area contributed by atoms with E-state index in [1.807, 2.05) is 30.3 Å². The number of likely N-dealkylation sites (tertiary alicyclic amines) is 1. The summed E-state index contributed by atoms with van der Waals surface area (Å²) in [6, 6.07) is 9.27. The molecule has 0 radical (unpaired) electrons. The second kappa shape index (κ2) is 9.75. The third-order valence-electron chi connectivity index (χ3n) is 6.22. The molecular weight excluding hydrogens is 410 g/mol. The molecule has 1 atom stereocenters. The Balaban J connectivity index is 1.55. The molecule has 2 aromatic rings. The molecule has 6 nitrogen and oxygen atoms in total. The molecule has 0 bridgehead atoms. The van der Waals surface area contributed by atoms with Crippen molar-refractivity contribution in [3.8, 4) is 0 Å². The van der Waals surface area contributed by atoms with E-state index < -0.39 is 0 Å². The lowest BCUT2D eigenvalue weighted by Gasteiger charge is -2.34. The van der Waals surface area contributed by atoms with Gasteiger partial charge in [0.1, 0.15) is 5.00 Å². The van der Waals surface area contributed by atoms with Crippen LogP contribution in [-0.4, -0.2) is 41.6 Å². The number of nitrogens with zero attached hydrogens (tertiary/aromatic N) is 1. The number of ketones is 1. The van der Waals surface area contributed by atoms with Crippen LogP contribution in [0.1, 0.15) is 64.9 Å². The van der Waals surface area contributed by atoms with Crippen molar-refractivity contribution in [2.45, 2.75) is 57.4 Å². The molecular formula is C24H29N3O3S. The Morgan fingerprint density at radius 3 is 2.61 bits per heavy atom. The molecule has 1 aromatic heterocycles. The first kappa shape index (κ1) is 21.7. The Morgan fingerprint density at radius 1 is 1.06 bits per heavy atom. The normalized spacial score (nSPS) is 18.9. The fourth-order valence-electron chi connectivity index (χ4n) is 4.71. The van der Waals surface area contributed by atoms with E-state index in [0.29, 0.717) is 16.1 Å². The largest absolute Gasteiger partial charge is 0.370 e. The summed E-state index contributed by atoms with van der Waals surface area (Å²) in [5, 5.41) is 3.70. The average molecular weight is 440 g/mol. The second-order valence-corrected chi connectivity index (χ2v) is 9.55. The first-order valence-electron chi connectivity index (χ1n) is 11.1. The van der Waals surface area contributed by atoms with Crippen molar-refractivity contribution in [3.05, 3.63) is 51.9 Å². The van der Waals surface area contributed by atoms with Gasteiger partial charge in [-0.1, -0.05) is 36.8 Å². The van der Waals surface area contributed by atoms with E-state index in [1.165, 1.54) is 4.88 Å². The summed E-state index contributed by atoms with van der Waals surface area (Å²) in [6.07, 6.45) is 7.22. The molecule has 2 aliphatic rings. The number of carbonyl (C=O) groups is 3. The van der Waals surface area contributed by atoms with Crippen LogP contribution in [0, 0.1) is 0 Å². The van der Waals surface area contributed by atoms with Gasteiger partial charge in [0.15, 0.2) is 5.78 Å². The SMILES string of the molecule is NC(=O)CC1CCCCN1CC(=O)Nc1sc2c(c1C(=O)c1ccccc1)CCCC2. The third kappa shape index (κ3) is 5.05. The van der Waals surface area contributed by atoms with E-state index in [4.69, 9.17) is 5.73 Å². The number of hydrogen-bond acceptors (Lipinski definition) is 5. The Bertz CT molecular complexity index is 970. The Labute approximate surface area is 186 Å². The summed E-state index contributed by atoms with van der Waals surface area (Å²) in [5.74, 6) is -0.504. The zero-order chi connectivity index (χ0) is 21.8. The Hall–Kier alpha value is -2.51. The van der Waals surface area contributed by atoms with Crippen molar-refractivity contribution in [1.82, 2.24) is 4.90 Å². The molecule has 7 heteroatoms. The van der Waals surface area contributed by atoms with Gasteiger partial charge < -0.3 is 11.1 Å². The average Bonchev–Trinajstić information content (AvgIpc) is 3.12. The number of benzene rings is 1. The van der Waals surface area contributed by atoms with Crippen LogP contribution in [0.4, 0.5) is 5.00 Å². The maximum Gasteiger partial charge on any atom is 0.239 e. The number of nitrogens with one attached hydrogen (secondary N) is 1. The van der Waals surface area contributed by atoms with E-state index in [0.717, 1.165) is 57.1 Å². The highest BCUT2D eigenvalue weighted by Gasteiger charge is 2.29. The van der Waals surface area contributed by atoms with Gasteiger partial charge in [-0.25, -0.2) is 0 Å². The minimum absolute atomic E-state index is 0.0129. The summed E-state index contributed by atoms with van der Waals surface area (Å²) >= 11 is 1.54.